The van der Waals surface area contributed by atoms with Crippen molar-refractivity contribution in [1.29, 1.82) is 0 Å². The molecule has 10 aromatic rings. The molecule has 0 unspecified atom stereocenters. The van der Waals surface area contributed by atoms with Gasteiger partial charge in [0.05, 0.1) is 30.1 Å². The molecule has 10 aromatic carbocycles. The molecule has 2 amide bonds. The number of amides is 2. The zero-order chi connectivity index (χ0) is 75.1. The summed E-state index contributed by atoms with van der Waals surface area (Å²) in [4.78, 5) is 62.2. The second-order valence-electron chi connectivity index (χ2n) is 22.6. The molecule has 0 aliphatic carbocycles. The van der Waals surface area contributed by atoms with E-state index in [1.54, 1.807) is 53.4 Å². The average molecular weight is 2040 g/mol. The van der Waals surface area contributed by atoms with E-state index in [0.717, 1.165) is 80.1 Å². The summed E-state index contributed by atoms with van der Waals surface area (Å²) in [6.45, 7) is 0.115. The van der Waals surface area contributed by atoms with Crippen molar-refractivity contribution in [1.82, 2.24) is 15.1 Å². The number of benzene rings is 10. The molecular formula is C80H74BBr9Cl2N4NaO8. The minimum absolute atomic E-state index is 0. The van der Waals surface area contributed by atoms with Gasteiger partial charge in [-0.2, -0.15) is 0 Å². The number of aliphatic hydroxyl groups excluding tert-OH is 1. The van der Waals surface area contributed by atoms with Gasteiger partial charge in [0, 0.05) is 81.2 Å². The van der Waals surface area contributed by atoms with Crippen molar-refractivity contribution in [2.24, 2.45) is 5.73 Å². The fourth-order valence-corrected chi connectivity index (χ4v) is 13.1. The van der Waals surface area contributed by atoms with E-state index < -0.39 is 29.0 Å². The number of hydrogen-bond acceptors (Lipinski definition) is 10. The van der Waals surface area contributed by atoms with Crippen molar-refractivity contribution in [3.8, 4) is 0 Å². The molecule has 0 saturated carbocycles. The van der Waals surface area contributed by atoms with Crippen LogP contribution < -0.4 is 40.6 Å². The Bertz CT molecular complexity index is 4210. The molecule has 4 N–H and O–H groups in total. The minimum atomic E-state index is -0.584. The first-order chi connectivity index (χ1) is 49.5. The molecule has 25 heteroatoms. The molecule has 2 saturated heterocycles. The van der Waals surface area contributed by atoms with Gasteiger partial charge in [0.2, 0.25) is 22.7 Å². The van der Waals surface area contributed by atoms with Crippen molar-refractivity contribution in [2.75, 3.05) is 40.7 Å². The van der Waals surface area contributed by atoms with Gasteiger partial charge >= 0.3 is 29.6 Å². The minimum Gasteiger partial charge on any atom is -1.00 e. The Morgan fingerprint density at radius 2 is 0.819 bits per heavy atom. The number of Topliss-reactive ketones (excluding diaryl/α,β-unsaturated/α-hetero) is 2. The molecule has 2 heterocycles. The van der Waals surface area contributed by atoms with Crippen LogP contribution in [0.25, 0.3) is 0 Å². The number of aliphatic hydroxyl groups is 1. The Labute approximate surface area is 726 Å². The van der Waals surface area contributed by atoms with Gasteiger partial charge in [-0.25, -0.2) is 0 Å². The molecule has 2 fully saturated rings. The zero-order valence-corrected chi connectivity index (χ0v) is 75.4. The standard InChI is InChI=1S/C24H21Br2NO2.C17H15Br2NO2.C15H15Br2NO.C14H8Br2O2.C7H7Br.C2H2Cl2O.CH5N.B.Na.H/c1-27-22(17-7-11-19(25)12-8-17)23(18-9-13-20(26)14-10-18)29-21(24(27)28)15-16-5-3-2-4-6-16;1-20-15(21)10-22-17(12-4-8-14(19)9-5-12)16(20)11-2-6-13(18)7-3-11;1-18-14(10-2-6-12(16)7-3-10)15(19)11-4-8-13(17)9-5-11;15-11-5-1-9(2-6-11)13(17)14(18)10-3-7-12(16)8-4-10;8-6-7-4-2-1-3-5-7;3-1-2(4)5;1-2;;;/h2-14,21-23H,15H2,1H3;2-9,16-17H,10H2,1H3;2-9,14-15,18-19H,1H3;1-8H;1-5H,6H2;1H2;2H2,1H3;;;/q;;;;;;;;+1;-1/t21-,22+,23-;16-,17+;14-,15+;;;;;;;/m011......./s1. The molecule has 7 atom stereocenters. The predicted molar refractivity (Wildman–Crippen MR) is 454 cm³/mol. The van der Waals surface area contributed by atoms with Crippen LogP contribution in [0.3, 0.4) is 0 Å². The number of ether oxygens (including phenoxy) is 2. The summed E-state index contributed by atoms with van der Waals surface area (Å²) in [5, 5.41) is 14.1. The number of nitrogens with zero attached hydrogens (tertiary/aromatic N) is 2. The fourth-order valence-electron chi connectivity index (χ4n) is 10.6. The second-order valence-corrected chi connectivity index (χ2v) is 31.2. The van der Waals surface area contributed by atoms with Crippen LogP contribution in [0, 0.1) is 0 Å². The second kappa shape index (κ2) is 49.2. The van der Waals surface area contributed by atoms with E-state index in [-0.39, 0.29) is 94.0 Å². The number of nitrogens with one attached hydrogen (secondary N) is 1. The number of likely N-dealkylation sites (N-methyl/N-ethyl adjacent to an activating group) is 3. The van der Waals surface area contributed by atoms with Crippen molar-refractivity contribution in [3.63, 3.8) is 0 Å². The first-order valence-corrected chi connectivity index (χ1v) is 40.1. The van der Waals surface area contributed by atoms with Crippen molar-refractivity contribution in [2.45, 2.75) is 54.3 Å². The van der Waals surface area contributed by atoms with Crippen LogP contribution in [0.5, 0.6) is 0 Å². The Hall–Kier alpha value is -4.09. The first kappa shape index (κ1) is 93.3. The third kappa shape index (κ3) is 29.9. The molecular weight excluding hydrogens is 1970 g/mol. The van der Waals surface area contributed by atoms with Gasteiger partial charge in [-0.1, -0.05) is 277 Å². The third-order valence-electron chi connectivity index (χ3n) is 15.8. The topological polar surface area (TPSA) is 169 Å². The van der Waals surface area contributed by atoms with Crippen molar-refractivity contribution in [3.05, 3.63) is 346 Å². The smallest absolute Gasteiger partial charge is 1.00 e. The van der Waals surface area contributed by atoms with Gasteiger partial charge in [0.15, 0.2) is 0 Å². The summed E-state index contributed by atoms with van der Waals surface area (Å²) in [5.74, 6) is -1.08. The SMILES string of the molecule is BrCc1ccccc1.CN.CN1C(=O)CO[C@@H](c2ccc(Br)cc2)[C@H]1c1ccc(Br)cc1.CN1C(=O)[C@H](Cc2ccccc2)O[C@@H](c2ccc(Br)cc2)[C@H]1c1ccc(Br)cc1.CN[C@H](c1ccc(Br)cc1)[C@@H](O)c1ccc(Br)cc1.O=C(C(=O)c1ccc(Br)cc1)c1ccc(Br)cc1.O=C(Cl)CCl.[B].[H-].[Na+]. The van der Waals surface area contributed by atoms with Gasteiger partial charge in [0.25, 0.3) is 5.91 Å². The summed E-state index contributed by atoms with van der Waals surface area (Å²) < 4.78 is 20.2. The molecule has 2 aliphatic rings. The number of morpholine rings is 2. The van der Waals surface area contributed by atoms with Crippen LogP contribution in [0.1, 0.15) is 103 Å². The normalized spacial score (nSPS) is 16.1. The van der Waals surface area contributed by atoms with Gasteiger partial charge in [-0.05, 0) is 192 Å². The van der Waals surface area contributed by atoms with Gasteiger partial charge < -0.3 is 36.9 Å². The maximum absolute atomic E-state index is 13.2. The quantitative estimate of drug-likeness (QED) is 0.0295. The number of alkyl halides is 2. The van der Waals surface area contributed by atoms with E-state index in [9.17, 15) is 29.1 Å². The number of hydrogen-bond donors (Lipinski definition) is 3. The Morgan fingerprint density at radius 3 is 1.16 bits per heavy atom. The number of rotatable bonds is 15. The summed E-state index contributed by atoms with van der Waals surface area (Å²) >= 11 is 40.2. The number of nitrogens with two attached hydrogens (primary N) is 1. The molecule has 3 radical (unpaired) electrons. The number of carbonyl (C=O) groups is 5. The summed E-state index contributed by atoms with van der Waals surface area (Å²) in [5.41, 5.74) is 13.9. The van der Waals surface area contributed by atoms with E-state index >= 15 is 0 Å². The van der Waals surface area contributed by atoms with Crippen LogP contribution >= 0.6 is 167 Å². The molecule has 105 heavy (non-hydrogen) atoms. The Morgan fingerprint density at radius 1 is 0.505 bits per heavy atom. The zero-order valence-electron chi connectivity index (χ0n) is 58.6. The van der Waals surface area contributed by atoms with Crippen LogP contribution in [0.4, 0.5) is 0 Å². The largest absolute Gasteiger partial charge is 1.00 e. The number of halogens is 11. The molecule has 0 spiro atoms. The van der Waals surface area contributed by atoms with Gasteiger partial charge in [-0.3, -0.25) is 24.0 Å². The van der Waals surface area contributed by atoms with E-state index in [1.165, 1.54) is 12.6 Å². The Kier molecular flexibility index (Phi) is 43.7. The Balaban J connectivity index is 0.000000345. The summed E-state index contributed by atoms with van der Waals surface area (Å²) in [6.07, 6.45) is -0.955. The average Bonchev–Trinajstić information content (AvgIpc) is 0.777. The third-order valence-corrected chi connectivity index (χ3v) is 21.2. The predicted octanol–water partition coefficient (Wildman–Crippen LogP) is 18.9. The van der Waals surface area contributed by atoms with E-state index in [4.69, 9.17) is 32.7 Å². The maximum atomic E-state index is 13.2. The van der Waals surface area contributed by atoms with Crippen LogP contribution in [0.15, 0.2) is 291 Å². The number of ketones is 2. The molecule has 543 valence electrons. The molecule has 0 bridgehead atoms. The molecule has 0 aromatic heterocycles. The monoisotopic (exact) mass is 2030 g/mol. The maximum Gasteiger partial charge on any atom is 1.00 e. The number of carbonyl (C=O) groups excluding carboxylic acids is 5. The molecule has 12 rings (SSSR count). The summed E-state index contributed by atoms with van der Waals surface area (Å²) in [7, 11) is 7.07. The van der Waals surface area contributed by atoms with Crippen LogP contribution in [-0.4, -0.2) is 98.7 Å². The van der Waals surface area contributed by atoms with Crippen LogP contribution in [0.2, 0.25) is 0 Å². The first-order valence-electron chi connectivity index (χ1n) is 31.7. The van der Waals surface area contributed by atoms with Crippen molar-refractivity contribution < 1.29 is 69.5 Å². The van der Waals surface area contributed by atoms with Gasteiger partial charge in [-0.15, -0.1) is 11.6 Å². The molecule has 12 nitrogen and oxygen atoms in total. The summed E-state index contributed by atoms with van der Waals surface area (Å²) in [6, 6.07) is 81.4. The van der Waals surface area contributed by atoms with Gasteiger partial charge in [0.1, 0.15) is 24.9 Å². The van der Waals surface area contributed by atoms with E-state index in [1.807, 2.05) is 208 Å². The molecule has 2 aliphatic heterocycles. The fraction of sp³-hybridized carbons (Fsp3) is 0.188. The van der Waals surface area contributed by atoms with E-state index in [2.05, 4.69) is 179 Å². The van der Waals surface area contributed by atoms with Crippen LogP contribution in [-0.2, 0) is 35.6 Å². The van der Waals surface area contributed by atoms with Crippen molar-refractivity contribution >= 4 is 204 Å². The van der Waals surface area contributed by atoms with E-state index in [0.29, 0.717) is 17.5 Å².